The van der Waals surface area contributed by atoms with E-state index in [1.165, 1.54) is 24.3 Å². The molecule has 0 aromatic heterocycles. The van der Waals surface area contributed by atoms with Gasteiger partial charge in [-0.25, -0.2) is 0 Å². The summed E-state index contributed by atoms with van der Waals surface area (Å²) in [4.78, 5) is 2.45. The van der Waals surface area contributed by atoms with E-state index in [4.69, 9.17) is 0 Å². The van der Waals surface area contributed by atoms with Crippen molar-refractivity contribution in [2.75, 3.05) is 18.0 Å². The molecule has 0 spiro atoms. The number of nitrogens with one attached hydrogen (secondary N) is 1. The van der Waals surface area contributed by atoms with E-state index in [0.29, 0.717) is 6.04 Å². The highest BCUT2D eigenvalue weighted by Crippen LogP contribution is 2.24. The molecule has 0 bridgehead atoms. The van der Waals surface area contributed by atoms with Crippen LogP contribution in [0.3, 0.4) is 0 Å². The summed E-state index contributed by atoms with van der Waals surface area (Å²) in [6, 6.07) is 9.43. The third-order valence-corrected chi connectivity index (χ3v) is 3.05. The van der Waals surface area contributed by atoms with Crippen molar-refractivity contribution < 1.29 is 0 Å². The van der Waals surface area contributed by atoms with Crippen molar-refractivity contribution in [3.8, 4) is 0 Å². The molecular weight excluding hydrogens is 196 g/mol. The maximum absolute atomic E-state index is 3.45. The zero-order valence-corrected chi connectivity index (χ0v) is 10.5. The minimum atomic E-state index is 0.549. The number of nitrogens with zero attached hydrogens (tertiary/aromatic N) is 1. The summed E-state index contributed by atoms with van der Waals surface area (Å²) in [6.07, 6.45) is 0. The van der Waals surface area contributed by atoms with E-state index in [0.717, 1.165) is 12.5 Å². The fraction of sp³-hybridized carbons (Fsp3) is 0.571. The quantitative estimate of drug-likeness (QED) is 0.836. The number of benzene rings is 1. The minimum absolute atomic E-state index is 0.549. The lowest BCUT2D eigenvalue weighted by atomic mass is 10.0. The molecule has 1 saturated heterocycles. The molecule has 0 aliphatic carbocycles. The fourth-order valence-corrected chi connectivity index (χ4v) is 2.09. The van der Waals surface area contributed by atoms with E-state index in [9.17, 15) is 0 Å². The molecule has 16 heavy (non-hydrogen) atoms. The third-order valence-electron chi connectivity index (χ3n) is 3.05. The maximum Gasteiger partial charge on any atom is 0.0369 e. The van der Waals surface area contributed by atoms with Crippen molar-refractivity contribution >= 4 is 5.69 Å². The van der Waals surface area contributed by atoms with Crippen LogP contribution in [-0.2, 0) is 6.54 Å². The Hall–Kier alpha value is -1.02. The molecule has 1 aliphatic rings. The molecule has 2 nitrogen and oxygen atoms in total. The van der Waals surface area contributed by atoms with Crippen LogP contribution in [0.1, 0.15) is 26.3 Å². The first-order chi connectivity index (χ1) is 7.65. The fourth-order valence-electron chi connectivity index (χ4n) is 2.09. The van der Waals surface area contributed by atoms with E-state index in [1.54, 1.807) is 0 Å². The first-order valence-corrected chi connectivity index (χ1v) is 6.22. The van der Waals surface area contributed by atoms with Crippen LogP contribution in [0.15, 0.2) is 24.3 Å². The largest absolute Gasteiger partial charge is 0.371 e. The van der Waals surface area contributed by atoms with Gasteiger partial charge >= 0.3 is 0 Å². The SMILES string of the molecule is CC1CN(c2cccc(CNC(C)C)c2)C1. The van der Waals surface area contributed by atoms with Gasteiger partial charge in [-0.15, -0.1) is 0 Å². The number of hydrogen-bond acceptors (Lipinski definition) is 2. The minimum Gasteiger partial charge on any atom is -0.371 e. The van der Waals surface area contributed by atoms with E-state index in [-0.39, 0.29) is 0 Å². The zero-order valence-electron chi connectivity index (χ0n) is 10.5. The van der Waals surface area contributed by atoms with Crippen LogP contribution >= 0.6 is 0 Å². The smallest absolute Gasteiger partial charge is 0.0369 e. The Bertz CT molecular complexity index is 340. The highest BCUT2D eigenvalue weighted by molar-refractivity contribution is 5.50. The second kappa shape index (κ2) is 4.88. The van der Waals surface area contributed by atoms with Gasteiger partial charge < -0.3 is 10.2 Å². The Morgan fingerprint density at radius 2 is 2.12 bits per heavy atom. The second-order valence-electron chi connectivity index (χ2n) is 5.22. The van der Waals surface area contributed by atoms with E-state index in [2.05, 4.69) is 55.3 Å². The molecule has 2 heteroatoms. The Kier molecular flexibility index (Phi) is 3.49. The van der Waals surface area contributed by atoms with Crippen LogP contribution in [0.4, 0.5) is 5.69 Å². The van der Waals surface area contributed by atoms with Crippen LogP contribution in [0.2, 0.25) is 0 Å². The molecule has 0 radical (unpaired) electrons. The maximum atomic E-state index is 3.45. The third kappa shape index (κ3) is 2.76. The summed E-state index contributed by atoms with van der Waals surface area (Å²) in [7, 11) is 0. The highest BCUT2D eigenvalue weighted by Gasteiger charge is 2.22. The van der Waals surface area contributed by atoms with Crippen molar-refractivity contribution in [3.63, 3.8) is 0 Å². The average Bonchev–Trinajstić information content (AvgIpc) is 2.22. The normalized spacial score (nSPS) is 16.6. The Morgan fingerprint density at radius 3 is 2.75 bits per heavy atom. The second-order valence-corrected chi connectivity index (χ2v) is 5.22. The zero-order chi connectivity index (χ0) is 11.5. The molecule has 88 valence electrons. The van der Waals surface area contributed by atoms with Crippen molar-refractivity contribution in [3.05, 3.63) is 29.8 Å². The highest BCUT2D eigenvalue weighted by atomic mass is 15.2. The molecule has 2 rings (SSSR count). The lowest BCUT2D eigenvalue weighted by molar-refractivity contribution is 0.447. The van der Waals surface area contributed by atoms with Crippen molar-refractivity contribution in [1.29, 1.82) is 0 Å². The van der Waals surface area contributed by atoms with Gasteiger partial charge in [0.05, 0.1) is 0 Å². The van der Waals surface area contributed by atoms with Crippen LogP contribution < -0.4 is 10.2 Å². The van der Waals surface area contributed by atoms with Gasteiger partial charge in [0.15, 0.2) is 0 Å². The van der Waals surface area contributed by atoms with Crippen LogP contribution in [0.5, 0.6) is 0 Å². The monoisotopic (exact) mass is 218 g/mol. The summed E-state index contributed by atoms with van der Waals surface area (Å²) >= 11 is 0. The lowest BCUT2D eigenvalue weighted by Crippen LogP contribution is -2.45. The summed E-state index contributed by atoms with van der Waals surface area (Å²) in [5.74, 6) is 0.859. The average molecular weight is 218 g/mol. The van der Waals surface area contributed by atoms with Gasteiger partial charge in [0.2, 0.25) is 0 Å². The molecule has 0 atom stereocenters. The lowest BCUT2D eigenvalue weighted by Gasteiger charge is -2.39. The summed E-state index contributed by atoms with van der Waals surface area (Å²) in [6.45, 7) is 10.1. The topological polar surface area (TPSA) is 15.3 Å². The van der Waals surface area contributed by atoms with Crippen LogP contribution in [0.25, 0.3) is 0 Å². The molecule has 1 aliphatic heterocycles. The predicted octanol–water partition coefficient (Wildman–Crippen LogP) is 2.64. The summed E-state index contributed by atoms with van der Waals surface area (Å²) < 4.78 is 0. The van der Waals surface area contributed by atoms with Crippen molar-refractivity contribution in [2.24, 2.45) is 5.92 Å². The molecule has 0 amide bonds. The molecule has 0 saturated carbocycles. The summed E-state index contributed by atoms with van der Waals surface area (Å²) in [5.41, 5.74) is 2.76. The van der Waals surface area contributed by atoms with Gasteiger partial charge in [0.1, 0.15) is 0 Å². The molecule has 1 heterocycles. The Labute approximate surface area is 98.7 Å². The van der Waals surface area contributed by atoms with Crippen molar-refractivity contribution in [2.45, 2.75) is 33.4 Å². The number of anilines is 1. The Morgan fingerprint density at radius 1 is 1.38 bits per heavy atom. The van der Waals surface area contributed by atoms with Gasteiger partial charge in [-0.1, -0.05) is 32.9 Å². The van der Waals surface area contributed by atoms with Crippen LogP contribution in [0, 0.1) is 5.92 Å². The Balaban J connectivity index is 1.96. The molecular formula is C14H22N2. The van der Waals surface area contributed by atoms with Gasteiger partial charge in [-0.2, -0.15) is 0 Å². The number of hydrogen-bond donors (Lipinski definition) is 1. The molecule has 1 aromatic rings. The van der Waals surface area contributed by atoms with Gasteiger partial charge in [-0.05, 0) is 23.6 Å². The first-order valence-electron chi connectivity index (χ1n) is 6.22. The van der Waals surface area contributed by atoms with Gasteiger partial charge in [0, 0.05) is 31.4 Å². The van der Waals surface area contributed by atoms with E-state index in [1.807, 2.05) is 0 Å². The molecule has 1 fully saturated rings. The van der Waals surface area contributed by atoms with E-state index < -0.39 is 0 Å². The molecule has 1 aromatic carbocycles. The first kappa shape index (κ1) is 11.5. The predicted molar refractivity (Wildman–Crippen MR) is 69.8 cm³/mol. The molecule has 0 unspecified atom stereocenters. The standard InChI is InChI=1S/C14H22N2/c1-11(2)15-8-13-5-4-6-14(7-13)16-9-12(3)10-16/h4-7,11-12,15H,8-10H2,1-3H3. The van der Waals surface area contributed by atoms with Crippen LogP contribution in [-0.4, -0.2) is 19.1 Å². The van der Waals surface area contributed by atoms with Gasteiger partial charge in [0.25, 0.3) is 0 Å². The molecule has 1 N–H and O–H groups in total. The number of rotatable bonds is 4. The van der Waals surface area contributed by atoms with Gasteiger partial charge in [-0.3, -0.25) is 0 Å². The van der Waals surface area contributed by atoms with Crippen molar-refractivity contribution in [1.82, 2.24) is 5.32 Å². The summed E-state index contributed by atoms with van der Waals surface area (Å²) in [5, 5.41) is 3.45. The van der Waals surface area contributed by atoms with E-state index >= 15 is 0 Å².